The predicted molar refractivity (Wildman–Crippen MR) is 95.6 cm³/mol. The van der Waals surface area contributed by atoms with Crippen molar-refractivity contribution >= 4 is 17.5 Å². The van der Waals surface area contributed by atoms with Crippen LogP contribution in [-0.4, -0.2) is 23.9 Å². The summed E-state index contributed by atoms with van der Waals surface area (Å²) in [6.45, 7) is 7.54. The molecule has 1 N–H and O–H groups in total. The summed E-state index contributed by atoms with van der Waals surface area (Å²) in [5, 5.41) is 2.82. The first-order valence-electron chi connectivity index (χ1n) is 8.07. The summed E-state index contributed by atoms with van der Waals surface area (Å²) in [6, 6.07) is 12.3. The van der Waals surface area contributed by atoms with Crippen molar-refractivity contribution in [2.45, 2.75) is 26.9 Å². The molecule has 5 heteroatoms. The second-order valence-electron chi connectivity index (χ2n) is 5.56. The molecule has 128 valence electrons. The quantitative estimate of drug-likeness (QED) is 0.811. The van der Waals surface area contributed by atoms with Gasteiger partial charge in [0.25, 0.3) is 5.91 Å². The SMILES string of the molecule is CCN(CC)Cc1ccc(CNC(=O)c2c(F)cccc2Cl)cc1. The number of carbonyl (C=O) groups excluding carboxylic acids is 1. The molecular weight excluding hydrogens is 327 g/mol. The third-order valence-corrected chi connectivity index (χ3v) is 4.28. The highest BCUT2D eigenvalue weighted by Crippen LogP contribution is 2.18. The van der Waals surface area contributed by atoms with Crippen LogP contribution in [-0.2, 0) is 13.1 Å². The smallest absolute Gasteiger partial charge is 0.256 e. The topological polar surface area (TPSA) is 32.3 Å². The molecule has 0 bridgehead atoms. The average Bonchev–Trinajstić information content (AvgIpc) is 2.58. The molecule has 24 heavy (non-hydrogen) atoms. The number of benzene rings is 2. The number of rotatable bonds is 7. The minimum absolute atomic E-state index is 0.113. The Bertz CT molecular complexity index is 664. The van der Waals surface area contributed by atoms with E-state index in [1.54, 1.807) is 0 Å². The molecule has 0 fully saturated rings. The maximum Gasteiger partial charge on any atom is 0.256 e. The standard InChI is InChI=1S/C19H22ClFN2O/c1-3-23(4-2)13-15-10-8-14(9-11-15)12-22-19(24)18-16(20)6-5-7-17(18)21/h5-11H,3-4,12-13H2,1-2H3,(H,22,24). The van der Waals surface area contributed by atoms with Gasteiger partial charge in [-0.15, -0.1) is 0 Å². The number of carbonyl (C=O) groups is 1. The van der Waals surface area contributed by atoms with Crippen LogP contribution in [0.5, 0.6) is 0 Å². The molecule has 0 aromatic heterocycles. The first-order chi connectivity index (χ1) is 11.5. The Kier molecular flexibility index (Phi) is 6.76. The molecule has 1 amide bonds. The van der Waals surface area contributed by atoms with E-state index in [0.29, 0.717) is 6.54 Å². The van der Waals surface area contributed by atoms with E-state index in [0.717, 1.165) is 25.2 Å². The van der Waals surface area contributed by atoms with Crippen LogP contribution < -0.4 is 5.32 Å². The van der Waals surface area contributed by atoms with Gasteiger partial charge in [0.2, 0.25) is 0 Å². The molecule has 2 aromatic rings. The van der Waals surface area contributed by atoms with Gasteiger partial charge in [0.1, 0.15) is 5.82 Å². The van der Waals surface area contributed by atoms with Crippen LogP contribution in [0, 0.1) is 5.82 Å². The molecule has 0 saturated heterocycles. The maximum absolute atomic E-state index is 13.7. The monoisotopic (exact) mass is 348 g/mol. The van der Waals surface area contributed by atoms with Crippen LogP contribution in [0.2, 0.25) is 5.02 Å². The highest BCUT2D eigenvalue weighted by molar-refractivity contribution is 6.33. The van der Waals surface area contributed by atoms with Crippen molar-refractivity contribution in [3.8, 4) is 0 Å². The zero-order valence-electron chi connectivity index (χ0n) is 14.0. The number of nitrogens with zero attached hydrogens (tertiary/aromatic N) is 1. The Morgan fingerprint density at radius 3 is 2.29 bits per heavy atom. The first-order valence-corrected chi connectivity index (χ1v) is 8.45. The van der Waals surface area contributed by atoms with Crippen LogP contribution in [0.3, 0.4) is 0 Å². The van der Waals surface area contributed by atoms with E-state index in [1.165, 1.54) is 23.8 Å². The van der Waals surface area contributed by atoms with Gasteiger partial charge < -0.3 is 5.32 Å². The zero-order valence-corrected chi connectivity index (χ0v) is 14.7. The minimum atomic E-state index is -0.616. The lowest BCUT2D eigenvalue weighted by molar-refractivity contribution is 0.0947. The Balaban J connectivity index is 1.96. The van der Waals surface area contributed by atoms with Crippen LogP contribution >= 0.6 is 11.6 Å². The number of nitrogens with one attached hydrogen (secondary N) is 1. The van der Waals surface area contributed by atoms with E-state index in [9.17, 15) is 9.18 Å². The van der Waals surface area contributed by atoms with Crippen molar-refractivity contribution in [1.82, 2.24) is 10.2 Å². The number of amides is 1. The molecule has 0 radical (unpaired) electrons. The Hall–Kier alpha value is -1.91. The lowest BCUT2D eigenvalue weighted by Crippen LogP contribution is -2.24. The van der Waals surface area contributed by atoms with E-state index in [-0.39, 0.29) is 10.6 Å². The van der Waals surface area contributed by atoms with Gasteiger partial charge in [0.05, 0.1) is 10.6 Å². The van der Waals surface area contributed by atoms with E-state index in [4.69, 9.17) is 11.6 Å². The molecule has 3 nitrogen and oxygen atoms in total. The highest BCUT2D eigenvalue weighted by Gasteiger charge is 2.15. The molecule has 2 rings (SSSR count). The third-order valence-electron chi connectivity index (χ3n) is 3.97. The van der Waals surface area contributed by atoms with Crippen LogP contribution in [0.4, 0.5) is 4.39 Å². The van der Waals surface area contributed by atoms with Gasteiger partial charge >= 0.3 is 0 Å². The molecular formula is C19H22ClFN2O. The van der Waals surface area contributed by atoms with Gasteiger partial charge in [-0.2, -0.15) is 0 Å². The summed E-state index contributed by atoms with van der Waals surface area (Å²) >= 11 is 5.90. The van der Waals surface area contributed by atoms with E-state index in [2.05, 4.69) is 36.2 Å². The zero-order chi connectivity index (χ0) is 17.5. The number of hydrogen-bond donors (Lipinski definition) is 1. The summed E-state index contributed by atoms with van der Waals surface area (Å²) in [6.07, 6.45) is 0. The molecule has 0 aliphatic carbocycles. The van der Waals surface area contributed by atoms with Gasteiger partial charge in [-0.05, 0) is 36.3 Å². The molecule has 0 atom stereocenters. The van der Waals surface area contributed by atoms with E-state index < -0.39 is 11.7 Å². The van der Waals surface area contributed by atoms with Crippen molar-refractivity contribution in [2.24, 2.45) is 0 Å². The second kappa shape index (κ2) is 8.81. The van der Waals surface area contributed by atoms with Gasteiger partial charge in [-0.1, -0.05) is 55.8 Å². The van der Waals surface area contributed by atoms with Crippen molar-refractivity contribution in [3.63, 3.8) is 0 Å². The first kappa shape index (κ1) is 18.4. The Labute approximate surface area is 147 Å². The molecule has 0 heterocycles. The lowest BCUT2D eigenvalue weighted by Gasteiger charge is -2.18. The molecule has 0 saturated carbocycles. The van der Waals surface area contributed by atoms with Crippen LogP contribution in [0.15, 0.2) is 42.5 Å². The van der Waals surface area contributed by atoms with Crippen molar-refractivity contribution in [2.75, 3.05) is 13.1 Å². The van der Waals surface area contributed by atoms with E-state index >= 15 is 0 Å². The fourth-order valence-electron chi connectivity index (χ4n) is 2.45. The number of halogens is 2. The second-order valence-corrected chi connectivity index (χ2v) is 5.96. The predicted octanol–water partition coefficient (Wildman–Crippen LogP) is 4.25. The summed E-state index contributed by atoms with van der Waals surface area (Å²) in [5.74, 6) is -1.13. The highest BCUT2D eigenvalue weighted by atomic mass is 35.5. The van der Waals surface area contributed by atoms with Crippen LogP contribution in [0.25, 0.3) is 0 Å². The molecule has 0 aliphatic heterocycles. The van der Waals surface area contributed by atoms with Crippen molar-refractivity contribution < 1.29 is 9.18 Å². The average molecular weight is 349 g/mol. The van der Waals surface area contributed by atoms with Gasteiger partial charge in [0.15, 0.2) is 0 Å². The van der Waals surface area contributed by atoms with Crippen molar-refractivity contribution in [3.05, 3.63) is 70.0 Å². The van der Waals surface area contributed by atoms with E-state index in [1.807, 2.05) is 12.1 Å². The molecule has 2 aromatic carbocycles. The Morgan fingerprint density at radius 1 is 1.08 bits per heavy atom. The fourth-order valence-corrected chi connectivity index (χ4v) is 2.70. The Morgan fingerprint density at radius 2 is 1.71 bits per heavy atom. The maximum atomic E-state index is 13.7. The summed E-state index contributed by atoms with van der Waals surface area (Å²) in [7, 11) is 0. The molecule has 0 aliphatic rings. The summed E-state index contributed by atoms with van der Waals surface area (Å²) < 4.78 is 13.7. The molecule has 0 spiro atoms. The normalized spacial score (nSPS) is 10.9. The fraction of sp³-hybridized carbons (Fsp3) is 0.316. The van der Waals surface area contributed by atoms with Crippen molar-refractivity contribution in [1.29, 1.82) is 0 Å². The largest absolute Gasteiger partial charge is 0.348 e. The van der Waals surface area contributed by atoms with Gasteiger partial charge in [-0.25, -0.2) is 4.39 Å². The van der Waals surface area contributed by atoms with Crippen LogP contribution in [0.1, 0.15) is 35.3 Å². The lowest BCUT2D eigenvalue weighted by atomic mass is 10.1. The molecule has 0 unspecified atom stereocenters. The third kappa shape index (κ3) is 4.79. The van der Waals surface area contributed by atoms with Gasteiger partial charge in [0, 0.05) is 13.1 Å². The summed E-state index contributed by atoms with van der Waals surface area (Å²) in [5.41, 5.74) is 2.07. The number of hydrogen-bond acceptors (Lipinski definition) is 2. The minimum Gasteiger partial charge on any atom is -0.348 e. The van der Waals surface area contributed by atoms with Gasteiger partial charge in [-0.3, -0.25) is 9.69 Å². The summed E-state index contributed by atoms with van der Waals surface area (Å²) in [4.78, 5) is 14.4.